The molecule has 0 bridgehead atoms. The van der Waals surface area contributed by atoms with Gasteiger partial charge in [-0.1, -0.05) is 41.9 Å². The van der Waals surface area contributed by atoms with Gasteiger partial charge in [0.1, 0.15) is 0 Å². The van der Waals surface area contributed by atoms with Crippen LogP contribution in [0.25, 0.3) is 0 Å². The van der Waals surface area contributed by atoms with Gasteiger partial charge in [0, 0.05) is 28.9 Å². The van der Waals surface area contributed by atoms with Gasteiger partial charge in [-0.15, -0.1) is 0 Å². The lowest BCUT2D eigenvalue weighted by Gasteiger charge is -2.31. The number of likely N-dealkylation sites (tertiary alicyclic amines) is 1. The maximum Gasteiger partial charge on any atom is 0.261 e. The molecule has 3 aromatic rings. The fourth-order valence-corrected chi connectivity index (χ4v) is 5.07. The third-order valence-electron chi connectivity index (χ3n) is 5.74. The number of nitrogens with one attached hydrogen (secondary N) is 2. The van der Waals surface area contributed by atoms with Crippen LogP contribution < -0.4 is 10.0 Å². The molecule has 1 fully saturated rings. The molecule has 0 aliphatic carbocycles. The Morgan fingerprint density at radius 2 is 1.52 bits per heavy atom. The number of anilines is 2. The van der Waals surface area contributed by atoms with E-state index in [1.807, 2.05) is 30.3 Å². The molecule has 0 atom stereocenters. The summed E-state index contributed by atoms with van der Waals surface area (Å²) >= 11 is 5.95. The number of carbonyl (C=O) groups excluding carboxylic acids is 1. The average molecular weight is 484 g/mol. The highest BCUT2D eigenvalue weighted by Crippen LogP contribution is 2.23. The van der Waals surface area contributed by atoms with Gasteiger partial charge < -0.3 is 5.32 Å². The molecule has 1 aliphatic heterocycles. The molecule has 0 aromatic heterocycles. The fourth-order valence-electron chi connectivity index (χ4n) is 3.88. The number of piperidine rings is 1. The van der Waals surface area contributed by atoms with E-state index in [9.17, 15) is 13.2 Å². The molecular weight excluding hydrogens is 458 g/mol. The second-order valence-electron chi connectivity index (χ2n) is 8.16. The minimum absolute atomic E-state index is 0.0286. The van der Waals surface area contributed by atoms with Crippen LogP contribution in [-0.2, 0) is 21.4 Å². The first kappa shape index (κ1) is 23.3. The van der Waals surface area contributed by atoms with Crippen LogP contribution in [0.2, 0.25) is 5.02 Å². The molecule has 6 nitrogen and oxygen atoms in total. The van der Waals surface area contributed by atoms with Crippen LogP contribution in [0.15, 0.2) is 83.8 Å². The molecule has 4 rings (SSSR count). The summed E-state index contributed by atoms with van der Waals surface area (Å²) < 4.78 is 27.6. The zero-order valence-corrected chi connectivity index (χ0v) is 19.6. The SMILES string of the molecule is O=C(Nc1ccc(S(=O)(=O)Nc2ccccc2)cc1)C1CCN(Cc2ccc(Cl)cc2)CC1. The lowest BCUT2D eigenvalue weighted by molar-refractivity contribution is -0.121. The molecule has 0 unspecified atom stereocenters. The largest absolute Gasteiger partial charge is 0.326 e. The summed E-state index contributed by atoms with van der Waals surface area (Å²) in [6.07, 6.45) is 1.57. The Morgan fingerprint density at radius 1 is 0.879 bits per heavy atom. The molecule has 0 radical (unpaired) electrons. The third kappa shape index (κ3) is 6.35. The fraction of sp³-hybridized carbons (Fsp3) is 0.240. The van der Waals surface area contributed by atoms with Crippen molar-refractivity contribution in [2.45, 2.75) is 24.3 Å². The first-order chi connectivity index (χ1) is 15.9. The molecule has 1 amide bonds. The van der Waals surface area contributed by atoms with Gasteiger partial charge in [0.05, 0.1) is 4.90 Å². The molecule has 33 heavy (non-hydrogen) atoms. The van der Waals surface area contributed by atoms with Crippen molar-refractivity contribution in [3.05, 3.63) is 89.4 Å². The Labute approximate surface area is 199 Å². The number of nitrogens with zero attached hydrogens (tertiary/aromatic N) is 1. The smallest absolute Gasteiger partial charge is 0.261 e. The maximum atomic E-state index is 12.7. The second-order valence-corrected chi connectivity index (χ2v) is 10.3. The predicted octanol–water partition coefficient (Wildman–Crippen LogP) is 4.99. The van der Waals surface area contributed by atoms with Gasteiger partial charge in [0.2, 0.25) is 5.91 Å². The highest BCUT2D eigenvalue weighted by molar-refractivity contribution is 7.92. The molecule has 1 saturated heterocycles. The highest BCUT2D eigenvalue weighted by atomic mass is 35.5. The maximum absolute atomic E-state index is 12.7. The van der Waals surface area contributed by atoms with E-state index in [0.29, 0.717) is 11.4 Å². The van der Waals surface area contributed by atoms with E-state index in [2.05, 4.69) is 14.9 Å². The Bertz CT molecular complexity index is 1180. The number of para-hydroxylation sites is 1. The van der Waals surface area contributed by atoms with Crippen molar-refractivity contribution >= 4 is 38.9 Å². The van der Waals surface area contributed by atoms with Crippen LogP contribution in [0.4, 0.5) is 11.4 Å². The van der Waals surface area contributed by atoms with E-state index in [-0.39, 0.29) is 16.7 Å². The molecule has 1 heterocycles. The van der Waals surface area contributed by atoms with Crippen molar-refractivity contribution in [2.24, 2.45) is 5.92 Å². The molecule has 172 valence electrons. The minimum Gasteiger partial charge on any atom is -0.326 e. The zero-order valence-electron chi connectivity index (χ0n) is 18.1. The summed E-state index contributed by atoms with van der Waals surface area (Å²) in [5.74, 6) is -0.0891. The highest BCUT2D eigenvalue weighted by Gasteiger charge is 2.25. The van der Waals surface area contributed by atoms with Crippen LogP contribution >= 0.6 is 11.6 Å². The van der Waals surface area contributed by atoms with E-state index < -0.39 is 10.0 Å². The summed E-state index contributed by atoms with van der Waals surface area (Å²) in [5.41, 5.74) is 2.29. The average Bonchev–Trinajstić information content (AvgIpc) is 2.82. The topological polar surface area (TPSA) is 78.5 Å². The number of sulfonamides is 1. The van der Waals surface area contributed by atoms with Crippen LogP contribution in [-0.4, -0.2) is 32.3 Å². The quantitative estimate of drug-likeness (QED) is 0.496. The van der Waals surface area contributed by atoms with Gasteiger partial charge in [-0.25, -0.2) is 8.42 Å². The van der Waals surface area contributed by atoms with Gasteiger partial charge in [-0.2, -0.15) is 0 Å². The first-order valence-corrected chi connectivity index (χ1v) is 12.7. The Morgan fingerprint density at radius 3 is 2.15 bits per heavy atom. The Hall–Kier alpha value is -2.87. The Kier molecular flexibility index (Phi) is 7.33. The minimum atomic E-state index is -3.69. The van der Waals surface area contributed by atoms with Crippen molar-refractivity contribution < 1.29 is 13.2 Å². The summed E-state index contributed by atoms with van der Waals surface area (Å²) in [4.78, 5) is 15.2. The van der Waals surface area contributed by atoms with Crippen molar-refractivity contribution in [3.63, 3.8) is 0 Å². The van der Waals surface area contributed by atoms with Crippen LogP contribution in [0.5, 0.6) is 0 Å². The van der Waals surface area contributed by atoms with Crippen molar-refractivity contribution in [2.75, 3.05) is 23.1 Å². The van der Waals surface area contributed by atoms with E-state index in [0.717, 1.165) is 37.5 Å². The number of hydrogen-bond donors (Lipinski definition) is 2. The van der Waals surface area contributed by atoms with E-state index in [1.165, 1.54) is 17.7 Å². The van der Waals surface area contributed by atoms with Gasteiger partial charge in [-0.05, 0) is 80.0 Å². The van der Waals surface area contributed by atoms with Crippen LogP contribution in [0.1, 0.15) is 18.4 Å². The second kappa shape index (κ2) is 10.4. The van der Waals surface area contributed by atoms with Crippen LogP contribution in [0.3, 0.4) is 0 Å². The molecule has 1 aliphatic rings. The number of carbonyl (C=O) groups is 1. The molecule has 3 aromatic carbocycles. The monoisotopic (exact) mass is 483 g/mol. The lowest BCUT2D eigenvalue weighted by Crippen LogP contribution is -2.37. The number of benzene rings is 3. The van der Waals surface area contributed by atoms with E-state index in [1.54, 1.807) is 36.4 Å². The molecule has 8 heteroatoms. The predicted molar refractivity (Wildman–Crippen MR) is 132 cm³/mol. The zero-order chi connectivity index (χ0) is 23.3. The van der Waals surface area contributed by atoms with Crippen molar-refractivity contribution in [1.29, 1.82) is 0 Å². The molecule has 0 spiro atoms. The molecule has 0 saturated carbocycles. The number of rotatable bonds is 7. The van der Waals surface area contributed by atoms with Crippen molar-refractivity contribution in [3.8, 4) is 0 Å². The number of halogens is 1. The van der Waals surface area contributed by atoms with Crippen LogP contribution in [0, 0.1) is 5.92 Å². The number of amides is 1. The summed E-state index contributed by atoms with van der Waals surface area (Å²) in [6, 6.07) is 22.8. The normalized spacial score (nSPS) is 15.2. The van der Waals surface area contributed by atoms with Gasteiger partial charge in [0.25, 0.3) is 10.0 Å². The van der Waals surface area contributed by atoms with Gasteiger partial charge in [-0.3, -0.25) is 14.4 Å². The Balaban J connectivity index is 1.28. The third-order valence-corrected chi connectivity index (χ3v) is 7.39. The number of hydrogen-bond acceptors (Lipinski definition) is 4. The lowest BCUT2D eigenvalue weighted by atomic mass is 9.95. The standard InChI is InChI=1S/C25H26ClN3O3S/c26-21-8-6-19(7-9-21)18-29-16-14-20(15-17-29)25(30)27-22-10-12-24(13-11-22)33(31,32)28-23-4-2-1-3-5-23/h1-13,20,28H,14-18H2,(H,27,30). The van der Waals surface area contributed by atoms with E-state index in [4.69, 9.17) is 11.6 Å². The van der Waals surface area contributed by atoms with Crippen molar-refractivity contribution in [1.82, 2.24) is 4.90 Å². The summed E-state index contributed by atoms with van der Waals surface area (Å²) in [5, 5.41) is 3.65. The van der Waals surface area contributed by atoms with Gasteiger partial charge in [0.15, 0.2) is 0 Å². The summed E-state index contributed by atoms with van der Waals surface area (Å²) in [7, 11) is -3.69. The molecule has 2 N–H and O–H groups in total. The molecular formula is C25H26ClN3O3S. The summed E-state index contributed by atoms with van der Waals surface area (Å²) in [6.45, 7) is 2.55. The van der Waals surface area contributed by atoms with Gasteiger partial charge >= 0.3 is 0 Å². The first-order valence-electron chi connectivity index (χ1n) is 10.8. The van der Waals surface area contributed by atoms with E-state index >= 15 is 0 Å².